The molecule has 2 aromatic carbocycles. The van der Waals surface area contributed by atoms with Gasteiger partial charge >= 0.3 is 5.97 Å². The van der Waals surface area contributed by atoms with Crippen LogP contribution in [-0.4, -0.2) is 56.3 Å². The number of fused-ring (bicyclic) bond motifs is 5. The van der Waals surface area contributed by atoms with E-state index in [1.54, 1.807) is 38.1 Å². The summed E-state index contributed by atoms with van der Waals surface area (Å²) in [6.07, 6.45) is 7.68. The van der Waals surface area contributed by atoms with Gasteiger partial charge in [0.05, 0.1) is 11.5 Å². The molecule has 7 nitrogen and oxygen atoms in total. The maximum Gasteiger partial charge on any atom is 0.313 e. The van der Waals surface area contributed by atoms with Crippen LogP contribution in [0.1, 0.15) is 65.4 Å². The smallest absolute Gasteiger partial charge is 0.313 e. The van der Waals surface area contributed by atoms with Crippen LogP contribution in [0, 0.1) is 34.4 Å². The summed E-state index contributed by atoms with van der Waals surface area (Å²) in [7, 11) is 0. The zero-order valence-corrected chi connectivity index (χ0v) is 26.3. The van der Waals surface area contributed by atoms with Gasteiger partial charge in [0.25, 0.3) is 0 Å². The van der Waals surface area contributed by atoms with Crippen molar-refractivity contribution in [3.05, 3.63) is 83.7 Å². The van der Waals surface area contributed by atoms with Crippen LogP contribution in [0.5, 0.6) is 0 Å². The number of carbonyl (C=O) groups excluding carboxylic acids is 2. The normalized spacial score (nSPS) is 33.6. The number of aliphatic hydroxyl groups is 3. The Morgan fingerprint density at radius 3 is 2.38 bits per heavy atom. The number of allylic oxidation sites excluding steroid dienone is 4. The van der Waals surface area contributed by atoms with Gasteiger partial charge in [0, 0.05) is 22.3 Å². The highest BCUT2D eigenvalue weighted by molar-refractivity contribution is 6.01. The Labute approximate surface area is 263 Å². The maximum absolute atomic E-state index is 14.1. The number of aliphatic hydroxyl groups excluding tert-OH is 2. The lowest BCUT2D eigenvalue weighted by molar-refractivity contribution is -0.178. The van der Waals surface area contributed by atoms with Crippen molar-refractivity contribution in [2.75, 3.05) is 6.61 Å². The number of Topliss-reactive ketones (excluding diaryl/α,β-unsaturated/α-hetero) is 1. The topological polar surface area (TPSA) is 132 Å². The summed E-state index contributed by atoms with van der Waals surface area (Å²) in [5.41, 5.74) is -0.932. The first-order chi connectivity index (χ1) is 21.1. The molecule has 2 aromatic rings. The average Bonchev–Trinajstić information content (AvgIpc) is 3.28. The Balaban J connectivity index is 0.000000187. The summed E-state index contributed by atoms with van der Waals surface area (Å²) in [5, 5.41) is 40.8. The molecule has 0 spiro atoms. The predicted octanol–water partition coefficient (Wildman–Crippen LogP) is 5.41. The van der Waals surface area contributed by atoms with Crippen LogP contribution in [-0.2, 0) is 19.8 Å². The Hall–Kier alpha value is -3.46. The molecular weight excluding hydrogens is 575 g/mol. The molecule has 6 rings (SSSR count). The minimum absolute atomic E-state index is 0.00912. The summed E-state index contributed by atoms with van der Waals surface area (Å²) in [5.74, 6) is -1.60. The molecule has 4 aliphatic rings. The summed E-state index contributed by atoms with van der Waals surface area (Å²) in [6.45, 7) is 6.47. The van der Waals surface area contributed by atoms with Crippen LogP contribution in [0.3, 0.4) is 0 Å². The lowest BCUT2D eigenvalue weighted by atomic mass is 9.46. The van der Waals surface area contributed by atoms with Gasteiger partial charge in [0.15, 0.2) is 11.6 Å². The molecule has 0 radical (unpaired) electrons. The molecule has 0 amide bonds. The lowest BCUT2D eigenvalue weighted by Gasteiger charge is -2.59. The SMILES string of the molecule is CC(C)(C(=O)O)c1ccc(-c2ccccc2)c(F)c1.C[C@]12C=CC(=O)C=C1CC[C@@H]1[C@@H]2[C@@H](O)C[C@@]2(C)[C@H]1CC[C@]2(O)C(=O)CO. The van der Waals surface area contributed by atoms with E-state index in [1.165, 1.54) is 6.07 Å². The molecule has 3 saturated carbocycles. The number of halogens is 1. The Morgan fingerprint density at radius 1 is 1.07 bits per heavy atom. The number of aliphatic carboxylic acids is 1. The van der Waals surface area contributed by atoms with E-state index in [-0.39, 0.29) is 29.0 Å². The number of carboxylic acid groups (broad SMARTS) is 1. The molecule has 3 fully saturated rings. The van der Waals surface area contributed by atoms with Crippen molar-refractivity contribution in [1.29, 1.82) is 0 Å². The summed E-state index contributed by atoms with van der Waals surface area (Å²) >= 11 is 0. The van der Waals surface area contributed by atoms with Gasteiger partial charge in [-0.2, -0.15) is 0 Å². The minimum Gasteiger partial charge on any atom is -0.481 e. The third kappa shape index (κ3) is 5.30. The van der Waals surface area contributed by atoms with Gasteiger partial charge in [0.2, 0.25) is 0 Å². The molecule has 0 aliphatic heterocycles. The fraction of sp³-hybridized carbons (Fsp3) is 0.486. The van der Waals surface area contributed by atoms with Crippen LogP contribution in [0.15, 0.2) is 72.3 Å². The monoisotopic (exact) mass is 618 g/mol. The molecule has 8 heteroatoms. The number of rotatable bonds is 5. The highest BCUT2D eigenvalue weighted by Gasteiger charge is 2.67. The van der Waals surface area contributed by atoms with Crippen molar-refractivity contribution in [2.24, 2.45) is 28.6 Å². The van der Waals surface area contributed by atoms with Gasteiger partial charge < -0.3 is 20.4 Å². The third-order valence-electron chi connectivity index (χ3n) is 11.6. The molecule has 240 valence electrons. The molecule has 4 N–H and O–H groups in total. The number of carbonyl (C=O) groups is 3. The average molecular weight is 619 g/mol. The van der Waals surface area contributed by atoms with Gasteiger partial charge in [-0.25, -0.2) is 4.39 Å². The van der Waals surface area contributed by atoms with Crippen molar-refractivity contribution in [3.8, 4) is 11.1 Å². The number of carboxylic acids is 1. The first kappa shape index (κ1) is 32.9. The minimum atomic E-state index is -1.56. The van der Waals surface area contributed by atoms with E-state index in [0.29, 0.717) is 24.0 Å². The quantitative estimate of drug-likeness (QED) is 0.352. The van der Waals surface area contributed by atoms with Gasteiger partial charge in [-0.1, -0.05) is 68.0 Å². The van der Waals surface area contributed by atoms with E-state index in [4.69, 9.17) is 5.11 Å². The van der Waals surface area contributed by atoms with Crippen LogP contribution < -0.4 is 0 Å². The summed E-state index contributed by atoms with van der Waals surface area (Å²) in [6, 6.07) is 13.8. The van der Waals surface area contributed by atoms with Crippen LogP contribution in [0.4, 0.5) is 4.39 Å². The first-order valence-electron chi connectivity index (χ1n) is 15.7. The van der Waals surface area contributed by atoms with Crippen LogP contribution in [0.25, 0.3) is 11.1 Å². The highest BCUT2D eigenvalue weighted by atomic mass is 19.1. The van der Waals surface area contributed by atoms with E-state index in [9.17, 15) is 34.1 Å². The molecule has 4 aliphatic carbocycles. The maximum atomic E-state index is 14.1. The van der Waals surface area contributed by atoms with Crippen molar-refractivity contribution in [3.63, 3.8) is 0 Å². The van der Waals surface area contributed by atoms with Gasteiger partial charge in [-0.05, 0) is 87.1 Å². The van der Waals surface area contributed by atoms with Crippen molar-refractivity contribution in [1.82, 2.24) is 0 Å². The van der Waals surface area contributed by atoms with Crippen molar-refractivity contribution >= 4 is 17.5 Å². The van der Waals surface area contributed by atoms with E-state index in [2.05, 4.69) is 6.92 Å². The predicted molar refractivity (Wildman–Crippen MR) is 168 cm³/mol. The zero-order chi connectivity index (χ0) is 32.9. The van der Waals surface area contributed by atoms with Crippen LogP contribution in [0.2, 0.25) is 0 Å². The fourth-order valence-electron chi connectivity index (χ4n) is 8.80. The molecule has 7 atom stereocenters. The van der Waals surface area contributed by atoms with E-state index < -0.39 is 46.7 Å². The fourth-order valence-corrected chi connectivity index (χ4v) is 8.80. The zero-order valence-electron chi connectivity index (χ0n) is 26.3. The second-order valence-corrected chi connectivity index (χ2v) is 14.2. The second-order valence-electron chi connectivity index (χ2n) is 14.2. The number of hydrogen-bond donors (Lipinski definition) is 4. The molecule has 0 bridgehead atoms. The molecule has 0 unspecified atom stereocenters. The third-order valence-corrected chi connectivity index (χ3v) is 11.6. The number of benzene rings is 2. The largest absolute Gasteiger partial charge is 0.481 e. The van der Waals surface area contributed by atoms with Crippen molar-refractivity contribution < 1.29 is 39.2 Å². The first-order valence-corrected chi connectivity index (χ1v) is 15.7. The molecule has 0 saturated heterocycles. The molecule has 45 heavy (non-hydrogen) atoms. The second kappa shape index (κ2) is 11.7. The van der Waals surface area contributed by atoms with Gasteiger partial charge in [0.1, 0.15) is 18.0 Å². The Kier molecular flexibility index (Phi) is 8.57. The lowest BCUT2D eigenvalue weighted by Crippen LogP contribution is -2.61. The van der Waals surface area contributed by atoms with E-state index in [0.717, 1.165) is 30.4 Å². The molecule has 0 heterocycles. The highest BCUT2D eigenvalue weighted by Crippen LogP contribution is 2.67. The Bertz CT molecular complexity index is 1560. The number of ketones is 2. The summed E-state index contributed by atoms with van der Waals surface area (Å²) in [4.78, 5) is 35.3. The molecule has 0 aromatic heterocycles. The Morgan fingerprint density at radius 2 is 1.76 bits per heavy atom. The van der Waals surface area contributed by atoms with Crippen LogP contribution >= 0.6 is 0 Å². The van der Waals surface area contributed by atoms with E-state index >= 15 is 0 Å². The summed E-state index contributed by atoms with van der Waals surface area (Å²) < 4.78 is 14.1. The van der Waals surface area contributed by atoms with E-state index in [1.807, 2.05) is 43.3 Å². The van der Waals surface area contributed by atoms with Gasteiger partial charge in [-0.3, -0.25) is 14.4 Å². The number of hydrogen-bond acceptors (Lipinski definition) is 6. The van der Waals surface area contributed by atoms with Crippen molar-refractivity contribution in [2.45, 2.75) is 76.9 Å². The molecular formula is C37H43FO7. The standard InChI is InChI=1S/C21H28O5.C16H15FO2/c1-19-7-5-13(23)9-12(19)3-4-14-15-6-8-21(26,17(25)11-22)20(15,2)10-16(24)18(14)19;1-16(2,15(18)19)12-8-9-13(14(17)10-12)11-6-4-3-5-7-11/h5,7,9,14-16,18,22,24,26H,3-4,6,8,10-11H2,1-2H3;3-10H,1-2H3,(H,18,19)/t14-,15-,16-,18+,19-,20-,21-;/m0./s1. The van der Waals surface area contributed by atoms with Gasteiger partial charge in [-0.15, -0.1) is 0 Å².